The van der Waals surface area contributed by atoms with Crippen LogP contribution in [0.25, 0.3) is 11.4 Å². The molecule has 1 saturated heterocycles. The van der Waals surface area contributed by atoms with Crippen LogP contribution in [0.3, 0.4) is 0 Å². The van der Waals surface area contributed by atoms with Gasteiger partial charge in [-0.2, -0.15) is 4.98 Å². The van der Waals surface area contributed by atoms with Crippen molar-refractivity contribution in [2.45, 2.75) is 39.5 Å². The molecule has 3 heterocycles. The van der Waals surface area contributed by atoms with Gasteiger partial charge in [0.15, 0.2) is 0 Å². The Balaban J connectivity index is 1.74. The largest absolute Gasteiger partial charge is 0.357 e. The number of hydrogen-bond donors (Lipinski definition) is 1. The smallest absolute Gasteiger partial charge is 0.316 e. The number of pyridine rings is 1. The van der Waals surface area contributed by atoms with E-state index in [1.807, 2.05) is 26.0 Å². The van der Waals surface area contributed by atoms with Gasteiger partial charge in [0.25, 0.3) is 0 Å². The highest BCUT2D eigenvalue weighted by Gasteiger charge is 2.17. The van der Waals surface area contributed by atoms with Crippen molar-refractivity contribution in [2.75, 3.05) is 24.5 Å². The number of rotatable bonds is 5. The minimum Gasteiger partial charge on any atom is -0.357 e. The third kappa shape index (κ3) is 4.55. The molecule has 25 heavy (non-hydrogen) atoms. The van der Waals surface area contributed by atoms with E-state index in [2.05, 4.69) is 25.3 Å². The highest BCUT2D eigenvalue weighted by Crippen LogP contribution is 2.23. The number of aromatic nitrogens is 3. The second-order valence-corrected chi connectivity index (χ2v) is 6.83. The first kappa shape index (κ1) is 17.4. The van der Waals surface area contributed by atoms with Crippen LogP contribution in [-0.4, -0.2) is 40.7 Å². The van der Waals surface area contributed by atoms with Crippen molar-refractivity contribution in [1.29, 1.82) is 0 Å². The van der Waals surface area contributed by atoms with Crippen LogP contribution < -0.4 is 10.2 Å². The molecule has 1 aliphatic heterocycles. The van der Waals surface area contributed by atoms with Gasteiger partial charge < -0.3 is 14.7 Å². The third-order valence-electron chi connectivity index (χ3n) is 4.22. The summed E-state index contributed by atoms with van der Waals surface area (Å²) in [6, 6.07) is 3.80. The van der Waals surface area contributed by atoms with Crippen LogP contribution >= 0.6 is 0 Å². The molecule has 0 atom stereocenters. The normalized spacial score (nSPS) is 15.2. The molecule has 1 aliphatic rings. The summed E-state index contributed by atoms with van der Waals surface area (Å²) >= 11 is 0. The Morgan fingerprint density at radius 2 is 2.04 bits per heavy atom. The zero-order valence-electron chi connectivity index (χ0n) is 14.9. The molecule has 7 heteroatoms. The average molecular weight is 343 g/mol. The van der Waals surface area contributed by atoms with Crippen LogP contribution in [0, 0.1) is 5.92 Å². The van der Waals surface area contributed by atoms with Crippen molar-refractivity contribution in [3.63, 3.8) is 0 Å². The Hall–Kier alpha value is -2.44. The molecule has 0 saturated carbocycles. The molecule has 2 aromatic rings. The van der Waals surface area contributed by atoms with Gasteiger partial charge in [0.05, 0.1) is 0 Å². The quantitative estimate of drug-likeness (QED) is 0.898. The van der Waals surface area contributed by atoms with Gasteiger partial charge in [0, 0.05) is 31.4 Å². The SMILES string of the molecule is CC(C)CNC(=O)c1nc(-c2ccnc(N3CCCCCC3)c2)no1. The lowest BCUT2D eigenvalue weighted by Gasteiger charge is -2.21. The van der Waals surface area contributed by atoms with Gasteiger partial charge in [-0.05, 0) is 30.9 Å². The molecule has 1 N–H and O–H groups in total. The van der Waals surface area contributed by atoms with E-state index in [1.165, 1.54) is 25.7 Å². The van der Waals surface area contributed by atoms with E-state index < -0.39 is 0 Å². The van der Waals surface area contributed by atoms with Crippen LogP contribution in [0.1, 0.15) is 50.2 Å². The first-order valence-electron chi connectivity index (χ1n) is 8.97. The van der Waals surface area contributed by atoms with Crippen LogP contribution in [-0.2, 0) is 0 Å². The monoisotopic (exact) mass is 343 g/mol. The van der Waals surface area contributed by atoms with Crippen LogP contribution in [0.4, 0.5) is 5.82 Å². The molecular formula is C18H25N5O2. The van der Waals surface area contributed by atoms with Gasteiger partial charge in [-0.3, -0.25) is 4.79 Å². The Kier molecular flexibility index (Phi) is 5.63. The summed E-state index contributed by atoms with van der Waals surface area (Å²) in [5.74, 6) is 1.35. The summed E-state index contributed by atoms with van der Waals surface area (Å²) in [6.07, 6.45) is 6.68. The topological polar surface area (TPSA) is 84.2 Å². The van der Waals surface area contributed by atoms with E-state index in [4.69, 9.17) is 4.52 Å². The van der Waals surface area contributed by atoms with Crippen LogP contribution in [0.5, 0.6) is 0 Å². The van der Waals surface area contributed by atoms with Crippen LogP contribution in [0.2, 0.25) is 0 Å². The van der Waals surface area contributed by atoms with E-state index in [-0.39, 0.29) is 11.8 Å². The molecule has 0 aromatic carbocycles. The van der Waals surface area contributed by atoms with Crippen molar-refractivity contribution < 1.29 is 9.32 Å². The molecular weight excluding hydrogens is 318 g/mol. The second kappa shape index (κ2) is 8.09. The fourth-order valence-electron chi connectivity index (χ4n) is 2.84. The highest BCUT2D eigenvalue weighted by molar-refractivity contribution is 5.89. The molecule has 1 fully saturated rings. The summed E-state index contributed by atoms with van der Waals surface area (Å²) in [7, 11) is 0. The zero-order chi connectivity index (χ0) is 17.6. The molecule has 3 rings (SSSR count). The number of anilines is 1. The number of nitrogens with zero attached hydrogens (tertiary/aromatic N) is 4. The molecule has 0 bridgehead atoms. The first-order chi connectivity index (χ1) is 12.1. The van der Waals surface area contributed by atoms with E-state index in [1.54, 1.807) is 6.20 Å². The summed E-state index contributed by atoms with van der Waals surface area (Å²) in [5, 5.41) is 6.72. The summed E-state index contributed by atoms with van der Waals surface area (Å²) in [6.45, 7) is 6.67. The minimum atomic E-state index is -0.339. The van der Waals surface area contributed by atoms with E-state index in [9.17, 15) is 4.79 Å². The molecule has 0 aliphatic carbocycles. The van der Waals surface area contributed by atoms with Crippen molar-refractivity contribution in [1.82, 2.24) is 20.4 Å². The number of carbonyl (C=O) groups excluding carboxylic acids is 1. The predicted octanol–water partition coefficient (Wildman–Crippen LogP) is 2.90. The van der Waals surface area contributed by atoms with Gasteiger partial charge in [0.2, 0.25) is 5.82 Å². The maximum absolute atomic E-state index is 12.0. The predicted molar refractivity (Wildman–Crippen MR) is 95.4 cm³/mol. The Morgan fingerprint density at radius 3 is 2.76 bits per heavy atom. The fraction of sp³-hybridized carbons (Fsp3) is 0.556. The highest BCUT2D eigenvalue weighted by atomic mass is 16.5. The Bertz CT molecular complexity index is 705. The molecule has 1 amide bonds. The number of amides is 1. The lowest BCUT2D eigenvalue weighted by atomic mass is 10.2. The van der Waals surface area contributed by atoms with Gasteiger partial charge in [-0.15, -0.1) is 0 Å². The maximum atomic E-state index is 12.0. The van der Waals surface area contributed by atoms with Gasteiger partial charge in [-0.1, -0.05) is 31.8 Å². The van der Waals surface area contributed by atoms with Crippen molar-refractivity contribution in [3.05, 3.63) is 24.2 Å². The van der Waals surface area contributed by atoms with E-state index in [0.29, 0.717) is 18.3 Å². The standard InChI is InChI=1S/C18H25N5O2/c1-13(2)12-20-17(24)18-21-16(22-25-18)14-7-8-19-15(11-14)23-9-5-3-4-6-10-23/h7-8,11,13H,3-6,9-10,12H2,1-2H3,(H,20,24). The summed E-state index contributed by atoms with van der Waals surface area (Å²) in [4.78, 5) is 23.0. The fourth-order valence-corrected chi connectivity index (χ4v) is 2.84. The molecule has 2 aromatic heterocycles. The molecule has 7 nitrogen and oxygen atoms in total. The number of carbonyl (C=O) groups is 1. The Labute approximate surface area is 147 Å². The van der Waals surface area contributed by atoms with Crippen molar-refractivity contribution in [3.8, 4) is 11.4 Å². The minimum absolute atomic E-state index is 0.0104. The molecule has 0 unspecified atom stereocenters. The second-order valence-electron chi connectivity index (χ2n) is 6.83. The molecule has 134 valence electrons. The summed E-state index contributed by atoms with van der Waals surface area (Å²) in [5.41, 5.74) is 0.806. The van der Waals surface area contributed by atoms with Gasteiger partial charge in [0.1, 0.15) is 5.82 Å². The van der Waals surface area contributed by atoms with Crippen LogP contribution in [0.15, 0.2) is 22.9 Å². The summed E-state index contributed by atoms with van der Waals surface area (Å²) < 4.78 is 5.11. The average Bonchev–Trinajstić information content (AvgIpc) is 2.95. The lowest BCUT2D eigenvalue weighted by Crippen LogP contribution is -2.27. The van der Waals surface area contributed by atoms with Crippen molar-refractivity contribution >= 4 is 11.7 Å². The molecule has 0 radical (unpaired) electrons. The van der Waals surface area contributed by atoms with Crippen molar-refractivity contribution in [2.24, 2.45) is 5.92 Å². The first-order valence-corrected chi connectivity index (χ1v) is 8.97. The van der Waals surface area contributed by atoms with Gasteiger partial charge >= 0.3 is 11.8 Å². The number of hydrogen-bond acceptors (Lipinski definition) is 6. The zero-order valence-corrected chi connectivity index (χ0v) is 14.9. The Morgan fingerprint density at radius 1 is 1.28 bits per heavy atom. The van der Waals surface area contributed by atoms with E-state index in [0.717, 1.165) is 24.5 Å². The maximum Gasteiger partial charge on any atom is 0.316 e. The number of nitrogens with one attached hydrogen (secondary N) is 1. The molecule has 0 spiro atoms. The lowest BCUT2D eigenvalue weighted by molar-refractivity contribution is 0.0905. The van der Waals surface area contributed by atoms with E-state index >= 15 is 0 Å². The van der Waals surface area contributed by atoms with Gasteiger partial charge in [-0.25, -0.2) is 4.98 Å². The third-order valence-corrected chi connectivity index (χ3v) is 4.22.